The molecule has 0 fully saturated rings. The second-order valence-corrected chi connectivity index (χ2v) is 4.76. The lowest BCUT2D eigenvalue weighted by Crippen LogP contribution is -2.09. The Morgan fingerprint density at radius 2 is 2.14 bits per heavy atom. The monoisotopic (exact) mass is 305 g/mol. The Balaban J connectivity index is 2.12. The number of aromatic nitrogens is 2. The molecule has 2 aromatic rings. The molecule has 1 unspecified atom stereocenters. The van der Waals surface area contributed by atoms with E-state index in [9.17, 15) is 13.2 Å². The lowest BCUT2D eigenvalue weighted by molar-refractivity contribution is -0.141. The molecule has 1 aliphatic rings. The highest BCUT2D eigenvalue weighted by atomic mass is 19.4. The Morgan fingerprint density at radius 1 is 1.32 bits per heavy atom. The molecule has 0 bridgehead atoms. The summed E-state index contributed by atoms with van der Waals surface area (Å²) in [5.41, 5.74) is 0.0470. The van der Waals surface area contributed by atoms with Gasteiger partial charge in [0, 0.05) is 6.42 Å². The van der Waals surface area contributed by atoms with Crippen LogP contribution in [0.25, 0.3) is 5.69 Å². The lowest BCUT2D eigenvalue weighted by atomic mass is 10.1. The summed E-state index contributed by atoms with van der Waals surface area (Å²) in [7, 11) is 0. The molecule has 0 spiro atoms. The first-order valence-corrected chi connectivity index (χ1v) is 6.47. The normalized spacial score (nSPS) is 17.3. The van der Waals surface area contributed by atoms with Crippen molar-refractivity contribution in [2.45, 2.75) is 18.7 Å². The molecular weight excluding hydrogens is 295 g/mol. The lowest BCUT2D eigenvalue weighted by Gasteiger charge is -2.13. The SMILES string of the molecule is N#Cc1cccc(-n2nc(C(F)(F)F)cc2C2CC=CO2)c1. The van der Waals surface area contributed by atoms with Crippen molar-refractivity contribution in [3.63, 3.8) is 0 Å². The van der Waals surface area contributed by atoms with Crippen LogP contribution in [0.4, 0.5) is 13.2 Å². The van der Waals surface area contributed by atoms with Crippen molar-refractivity contribution in [3.8, 4) is 11.8 Å². The summed E-state index contributed by atoms with van der Waals surface area (Å²) in [4.78, 5) is 0. The molecule has 0 N–H and O–H groups in total. The Hall–Kier alpha value is -2.75. The van der Waals surface area contributed by atoms with E-state index in [0.717, 1.165) is 6.07 Å². The van der Waals surface area contributed by atoms with Gasteiger partial charge in [-0.2, -0.15) is 23.5 Å². The van der Waals surface area contributed by atoms with Crippen molar-refractivity contribution < 1.29 is 17.9 Å². The van der Waals surface area contributed by atoms with Gasteiger partial charge in [-0.15, -0.1) is 0 Å². The van der Waals surface area contributed by atoms with Gasteiger partial charge in [0.2, 0.25) is 0 Å². The molecule has 1 aromatic heterocycles. The molecule has 1 aromatic carbocycles. The van der Waals surface area contributed by atoms with Crippen LogP contribution in [0.15, 0.2) is 42.7 Å². The number of hydrogen-bond donors (Lipinski definition) is 0. The van der Waals surface area contributed by atoms with Gasteiger partial charge in [-0.05, 0) is 30.3 Å². The van der Waals surface area contributed by atoms with Crippen LogP contribution in [-0.2, 0) is 10.9 Å². The molecule has 0 aliphatic carbocycles. The van der Waals surface area contributed by atoms with E-state index in [2.05, 4.69) is 5.10 Å². The van der Waals surface area contributed by atoms with E-state index in [0.29, 0.717) is 23.4 Å². The van der Waals surface area contributed by atoms with Gasteiger partial charge in [-0.3, -0.25) is 0 Å². The highest BCUT2D eigenvalue weighted by Gasteiger charge is 2.36. The summed E-state index contributed by atoms with van der Waals surface area (Å²) in [6, 6.07) is 9.19. The van der Waals surface area contributed by atoms with Crippen LogP contribution in [0, 0.1) is 11.3 Å². The number of alkyl halides is 3. The zero-order valence-corrected chi connectivity index (χ0v) is 11.2. The second kappa shape index (κ2) is 5.22. The van der Waals surface area contributed by atoms with E-state index in [4.69, 9.17) is 10.00 Å². The zero-order valence-electron chi connectivity index (χ0n) is 11.2. The summed E-state index contributed by atoms with van der Waals surface area (Å²) < 4.78 is 45.3. The third kappa shape index (κ3) is 2.55. The van der Waals surface area contributed by atoms with Gasteiger partial charge in [-0.1, -0.05) is 6.07 Å². The van der Waals surface area contributed by atoms with E-state index in [-0.39, 0.29) is 0 Å². The van der Waals surface area contributed by atoms with Gasteiger partial charge in [0.1, 0.15) is 6.10 Å². The van der Waals surface area contributed by atoms with E-state index < -0.39 is 18.0 Å². The topological polar surface area (TPSA) is 50.8 Å². The molecule has 22 heavy (non-hydrogen) atoms. The minimum atomic E-state index is -4.54. The summed E-state index contributed by atoms with van der Waals surface area (Å²) in [6.07, 6.45) is -1.39. The maximum Gasteiger partial charge on any atom is 0.435 e. The molecule has 3 rings (SSSR count). The summed E-state index contributed by atoms with van der Waals surface area (Å²) in [5.74, 6) is 0. The molecule has 4 nitrogen and oxygen atoms in total. The fourth-order valence-corrected chi connectivity index (χ4v) is 2.25. The molecule has 2 heterocycles. The minimum Gasteiger partial charge on any atom is -0.492 e. The molecular formula is C15H10F3N3O. The van der Waals surface area contributed by atoms with Crippen LogP contribution < -0.4 is 0 Å². The van der Waals surface area contributed by atoms with Crippen molar-refractivity contribution in [3.05, 3.63) is 59.6 Å². The van der Waals surface area contributed by atoms with E-state index in [1.807, 2.05) is 6.07 Å². The van der Waals surface area contributed by atoms with E-state index in [1.165, 1.54) is 17.0 Å². The first-order chi connectivity index (χ1) is 10.5. The molecule has 0 saturated carbocycles. The molecule has 112 valence electrons. The number of benzene rings is 1. The molecule has 1 atom stereocenters. The first kappa shape index (κ1) is 14.2. The molecule has 0 amide bonds. The third-order valence-electron chi connectivity index (χ3n) is 3.27. The Bertz CT molecular complexity index is 763. The molecule has 1 aliphatic heterocycles. The Labute approximate surface area is 124 Å². The largest absolute Gasteiger partial charge is 0.492 e. The summed E-state index contributed by atoms with van der Waals surface area (Å²) >= 11 is 0. The number of hydrogen-bond acceptors (Lipinski definition) is 3. The van der Waals surface area contributed by atoms with Crippen molar-refractivity contribution in [1.82, 2.24) is 9.78 Å². The Morgan fingerprint density at radius 3 is 2.77 bits per heavy atom. The van der Waals surface area contributed by atoms with Crippen LogP contribution in [0.2, 0.25) is 0 Å². The van der Waals surface area contributed by atoms with Crippen molar-refractivity contribution in [2.24, 2.45) is 0 Å². The number of rotatable bonds is 2. The third-order valence-corrected chi connectivity index (χ3v) is 3.27. The van der Waals surface area contributed by atoms with Crippen LogP contribution >= 0.6 is 0 Å². The van der Waals surface area contributed by atoms with E-state index in [1.54, 1.807) is 24.3 Å². The van der Waals surface area contributed by atoms with Gasteiger partial charge >= 0.3 is 6.18 Å². The predicted octanol–water partition coefficient (Wildman–Crippen LogP) is 3.74. The number of ether oxygens (including phenoxy) is 1. The van der Waals surface area contributed by atoms with Gasteiger partial charge < -0.3 is 4.74 Å². The number of nitrogens with zero attached hydrogens (tertiary/aromatic N) is 3. The van der Waals surface area contributed by atoms with Gasteiger partial charge in [0.05, 0.1) is 29.3 Å². The van der Waals surface area contributed by atoms with Crippen molar-refractivity contribution >= 4 is 0 Å². The average Bonchev–Trinajstić information content (AvgIpc) is 3.15. The fourth-order valence-electron chi connectivity index (χ4n) is 2.25. The maximum absolute atomic E-state index is 12.9. The quantitative estimate of drug-likeness (QED) is 0.849. The van der Waals surface area contributed by atoms with Crippen molar-refractivity contribution in [2.75, 3.05) is 0 Å². The van der Waals surface area contributed by atoms with Crippen LogP contribution in [0.3, 0.4) is 0 Å². The fraction of sp³-hybridized carbons (Fsp3) is 0.200. The van der Waals surface area contributed by atoms with Crippen molar-refractivity contribution in [1.29, 1.82) is 5.26 Å². The van der Waals surface area contributed by atoms with Gasteiger partial charge in [0.15, 0.2) is 5.69 Å². The van der Waals surface area contributed by atoms with E-state index >= 15 is 0 Å². The average molecular weight is 305 g/mol. The molecule has 7 heteroatoms. The predicted molar refractivity (Wildman–Crippen MR) is 70.9 cm³/mol. The summed E-state index contributed by atoms with van der Waals surface area (Å²) in [5, 5.41) is 12.6. The molecule has 0 radical (unpaired) electrons. The maximum atomic E-state index is 12.9. The van der Waals surface area contributed by atoms with Crippen LogP contribution in [-0.4, -0.2) is 9.78 Å². The Kier molecular flexibility index (Phi) is 3.37. The zero-order chi connectivity index (χ0) is 15.7. The van der Waals surface area contributed by atoms with Gasteiger partial charge in [0.25, 0.3) is 0 Å². The molecule has 0 saturated heterocycles. The van der Waals surface area contributed by atoms with Gasteiger partial charge in [-0.25, -0.2) is 4.68 Å². The highest BCUT2D eigenvalue weighted by Crippen LogP contribution is 2.34. The second-order valence-electron chi connectivity index (χ2n) is 4.76. The smallest absolute Gasteiger partial charge is 0.435 e. The standard InChI is InChI=1S/C15H10F3N3O/c16-15(17,18)14-8-12(13-5-2-6-22-13)21(20-14)11-4-1-3-10(7-11)9-19/h1-4,6-8,13H,5H2. The first-order valence-electron chi connectivity index (χ1n) is 6.47. The summed E-state index contributed by atoms with van der Waals surface area (Å²) in [6.45, 7) is 0. The number of nitriles is 1. The number of halogens is 3. The highest BCUT2D eigenvalue weighted by molar-refractivity contribution is 5.42. The minimum absolute atomic E-state index is 0.299. The van der Waals surface area contributed by atoms with Crippen LogP contribution in [0.1, 0.15) is 29.5 Å². The van der Waals surface area contributed by atoms with Crippen LogP contribution in [0.5, 0.6) is 0 Å².